The van der Waals surface area contributed by atoms with Crippen molar-refractivity contribution < 1.29 is 19.4 Å². The van der Waals surface area contributed by atoms with E-state index < -0.39 is 5.97 Å². The molecular weight excluding hydrogens is 208 g/mol. The number of carboxylic acids is 1. The molecule has 86 valence electrons. The fourth-order valence-electron chi connectivity index (χ4n) is 1.74. The quantitative estimate of drug-likeness (QED) is 0.792. The maximum atomic E-state index is 11.2. The molecule has 4 nitrogen and oxygen atoms in total. The molecule has 0 atom stereocenters. The van der Waals surface area contributed by atoms with E-state index in [1.54, 1.807) is 6.07 Å². The Bertz CT molecular complexity index is 443. The van der Waals surface area contributed by atoms with E-state index in [0.717, 1.165) is 5.56 Å². The average Bonchev–Trinajstić information content (AvgIpc) is 2.60. The Morgan fingerprint density at radius 1 is 1.25 bits per heavy atom. The van der Waals surface area contributed by atoms with Gasteiger partial charge in [-0.15, -0.1) is 0 Å². The molecular formula is C12H14O4. The molecule has 1 aromatic carbocycles. The topological polar surface area (TPSA) is 55.8 Å². The van der Waals surface area contributed by atoms with Crippen LogP contribution in [0.5, 0.6) is 11.5 Å². The number of hydrogen-bond acceptors (Lipinski definition) is 3. The van der Waals surface area contributed by atoms with Gasteiger partial charge in [-0.1, -0.05) is 20.8 Å². The molecule has 0 saturated carbocycles. The van der Waals surface area contributed by atoms with Crippen LogP contribution in [0.4, 0.5) is 0 Å². The molecule has 1 N–H and O–H groups in total. The maximum Gasteiger partial charge on any atom is 0.336 e. The Hall–Kier alpha value is -1.71. The highest BCUT2D eigenvalue weighted by atomic mass is 16.7. The zero-order chi connectivity index (χ0) is 11.9. The summed E-state index contributed by atoms with van der Waals surface area (Å²) in [5, 5.41) is 9.16. The van der Waals surface area contributed by atoms with Gasteiger partial charge in [0.15, 0.2) is 11.5 Å². The molecule has 0 amide bonds. The normalized spacial score (nSPS) is 13.9. The van der Waals surface area contributed by atoms with E-state index in [-0.39, 0.29) is 17.8 Å². The van der Waals surface area contributed by atoms with Gasteiger partial charge in [-0.25, -0.2) is 4.79 Å². The van der Waals surface area contributed by atoms with Crippen LogP contribution in [0.3, 0.4) is 0 Å². The largest absolute Gasteiger partial charge is 0.478 e. The Morgan fingerprint density at radius 3 is 2.31 bits per heavy atom. The summed E-state index contributed by atoms with van der Waals surface area (Å²) in [5.41, 5.74) is 0.787. The fourth-order valence-corrected chi connectivity index (χ4v) is 1.74. The molecule has 0 unspecified atom stereocenters. The summed E-state index contributed by atoms with van der Waals surface area (Å²) < 4.78 is 10.4. The molecule has 16 heavy (non-hydrogen) atoms. The first-order valence-electron chi connectivity index (χ1n) is 5.07. The highest BCUT2D eigenvalue weighted by Gasteiger charge is 2.26. The zero-order valence-electron chi connectivity index (χ0n) is 9.53. The standard InChI is InChI=1S/C12H14O4/c1-12(2,3)8-5-10-9(15-6-16-10)4-7(8)11(13)14/h4-5H,6H2,1-3H3,(H,13,14). The lowest BCUT2D eigenvalue weighted by atomic mass is 9.83. The first-order chi connectivity index (χ1) is 7.39. The third kappa shape index (κ3) is 1.71. The van der Waals surface area contributed by atoms with Crippen molar-refractivity contribution in [1.29, 1.82) is 0 Å². The molecule has 1 aromatic rings. The molecule has 0 radical (unpaired) electrons. The lowest BCUT2D eigenvalue weighted by molar-refractivity contribution is 0.0693. The van der Waals surface area contributed by atoms with Crippen molar-refractivity contribution in [2.75, 3.05) is 6.79 Å². The van der Waals surface area contributed by atoms with Crippen molar-refractivity contribution in [2.24, 2.45) is 0 Å². The van der Waals surface area contributed by atoms with E-state index in [1.165, 1.54) is 6.07 Å². The second kappa shape index (κ2) is 3.40. The van der Waals surface area contributed by atoms with Gasteiger partial charge in [-0.2, -0.15) is 0 Å². The van der Waals surface area contributed by atoms with Gasteiger partial charge in [0.1, 0.15) is 0 Å². The fraction of sp³-hybridized carbons (Fsp3) is 0.417. The van der Waals surface area contributed by atoms with E-state index in [9.17, 15) is 4.79 Å². The van der Waals surface area contributed by atoms with Gasteiger partial charge in [0.2, 0.25) is 6.79 Å². The minimum atomic E-state index is -0.941. The number of ether oxygens (including phenoxy) is 2. The van der Waals surface area contributed by atoms with Gasteiger partial charge in [-0.3, -0.25) is 0 Å². The Balaban J connectivity index is 2.62. The molecule has 1 aliphatic heterocycles. The molecule has 0 spiro atoms. The highest BCUT2D eigenvalue weighted by Crippen LogP contribution is 2.38. The van der Waals surface area contributed by atoms with Gasteiger partial charge < -0.3 is 14.6 Å². The molecule has 1 heterocycles. The van der Waals surface area contributed by atoms with E-state index in [0.29, 0.717) is 11.5 Å². The molecule has 0 saturated heterocycles. The van der Waals surface area contributed by atoms with Crippen LogP contribution >= 0.6 is 0 Å². The van der Waals surface area contributed by atoms with Crippen molar-refractivity contribution >= 4 is 5.97 Å². The van der Waals surface area contributed by atoms with Crippen LogP contribution in [-0.4, -0.2) is 17.9 Å². The predicted octanol–water partition coefficient (Wildman–Crippen LogP) is 2.41. The predicted molar refractivity (Wildman–Crippen MR) is 58.2 cm³/mol. The second-order valence-corrected chi connectivity index (χ2v) is 4.81. The minimum Gasteiger partial charge on any atom is -0.478 e. The number of hydrogen-bond donors (Lipinski definition) is 1. The number of carbonyl (C=O) groups is 1. The van der Waals surface area contributed by atoms with Gasteiger partial charge in [-0.05, 0) is 23.1 Å². The lowest BCUT2D eigenvalue weighted by Crippen LogP contribution is -2.16. The van der Waals surface area contributed by atoms with Crippen LogP contribution in [0.2, 0.25) is 0 Å². The van der Waals surface area contributed by atoms with Crippen LogP contribution in [-0.2, 0) is 5.41 Å². The minimum absolute atomic E-state index is 0.155. The van der Waals surface area contributed by atoms with Crippen molar-refractivity contribution in [3.8, 4) is 11.5 Å². The van der Waals surface area contributed by atoms with Crippen LogP contribution < -0.4 is 9.47 Å². The monoisotopic (exact) mass is 222 g/mol. The summed E-state index contributed by atoms with van der Waals surface area (Å²) in [6.45, 7) is 6.06. The van der Waals surface area contributed by atoms with Crippen molar-refractivity contribution in [1.82, 2.24) is 0 Å². The highest BCUT2D eigenvalue weighted by molar-refractivity contribution is 5.91. The zero-order valence-corrected chi connectivity index (χ0v) is 9.53. The number of benzene rings is 1. The average molecular weight is 222 g/mol. The van der Waals surface area contributed by atoms with E-state index in [2.05, 4.69) is 0 Å². The molecule has 0 bridgehead atoms. The first kappa shape index (κ1) is 10.8. The molecule has 0 aromatic heterocycles. The van der Waals surface area contributed by atoms with Crippen molar-refractivity contribution in [3.63, 3.8) is 0 Å². The summed E-state index contributed by atoms with van der Waals surface area (Å²) >= 11 is 0. The number of rotatable bonds is 1. The summed E-state index contributed by atoms with van der Waals surface area (Å²) in [6, 6.07) is 3.29. The Labute approximate surface area is 93.8 Å². The van der Waals surface area contributed by atoms with Crippen molar-refractivity contribution in [3.05, 3.63) is 23.3 Å². The van der Waals surface area contributed by atoms with Gasteiger partial charge in [0.05, 0.1) is 5.56 Å². The van der Waals surface area contributed by atoms with Crippen LogP contribution in [0.25, 0.3) is 0 Å². The van der Waals surface area contributed by atoms with Crippen LogP contribution in [0.15, 0.2) is 12.1 Å². The van der Waals surface area contributed by atoms with E-state index in [1.807, 2.05) is 20.8 Å². The lowest BCUT2D eigenvalue weighted by Gasteiger charge is -2.21. The summed E-state index contributed by atoms with van der Waals surface area (Å²) in [6.07, 6.45) is 0. The molecule has 1 aliphatic rings. The summed E-state index contributed by atoms with van der Waals surface area (Å²) in [5.74, 6) is 0.184. The summed E-state index contributed by atoms with van der Waals surface area (Å²) in [7, 11) is 0. The van der Waals surface area contributed by atoms with Gasteiger partial charge in [0, 0.05) is 0 Å². The molecule has 2 rings (SSSR count). The second-order valence-electron chi connectivity index (χ2n) is 4.81. The van der Waals surface area contributed by atoms with E-state index >= 15 is 0 Å². The molecule has 0 aliphatic carbocycles. The SMILES string of the molecule is CC(C)(C)c1cc2c(cc1C(=O)O)OCO2. The maximum absolute atomic E-state index is 11.2. The van der Waals surface area contributed by atoms with Crippen molar-refractivity contribution in [2.45, 2.75) is 26.2 Å². The van der Waals surface area contributed by atoms with Gasteiger partial charge in [0.25, 0.3) is 0 Å². The third-order valence-electron chi connectivity index (χ3n) is 2.55. The molecule has 4 heteroatoms. The Kier molecular flexibility index (Phi) is 2.30. The smallest absolute Gasteiger partial charge is 0.336 e. The Morgan fingerprint density at radius 2 is 1.81 bits per heavy atom. The van der Waals surface area contributed by atoms with E-state index in [4.69, 9.17) is 14.6 Å². The first-order valence-corrected chi connectivity index (χ1v) is 5.07. The number of aromatic carboxylic acids is 1. The number of fused-ring (bicyclic) bond motifs is 1. The van der Waals surface area contributed by atoms with Crippen LogP contribution in [0.1, 0.15) is 36.7 Å². The number of carboxylic acid groups (broad SMARTS) is 1. The van der Waals surface area contributed by atoms with Gasteiger partial charge >= 0.3 is 5.97 Å². The molecule has 0 fully saturated rings. The van der Waals surface area contributed by atoms with Crippen LogP contribution in [0, 0.1) is 0 Å². The third-order valence-corrected chi connectivity index (χ3v) is 2.55. The summed E-state index contributed by atoms with van der Waals surface area (Å²) in [4.78, 5) is 11.2.